The number of para-hydroxylation sites is 1. The molecule has 0 aliphatic carbocycles. The number of halogens is 3. The molecule has 24 heavy (non-hydrogen) atoms. The monoisotopic (exact) mass is 364 g/mol. The first kappa shape index (κ1) is 18.7. The van der Waals surface area contributed by atoms with Gasteiger partial charge < -0.3 is 5.32 Å². The van der Waals surface area contributed by atoms with Crippen molar-refractivity contribution in [2.75, 3.05) is 24.2 Å². The predicted octanol–water partition coefficient (Wildman–Crippen LogP) is 2.71. The van der Waals surface area contributed by atoms with Crippen LogP contribution < -0.4 is 5.32 Å². The molecule has 0 aromatic heterocycles. The minimum atomic E-state index is -4.58. The summed E-state index contributed by atoms with van der Waals surface area (Å²) in [5.41, 5.74) is -1.24. The molecular formula is C15H19F3N2O3S. The lowest BCUT2D eigenvalue weighted by atomic mass is 9.98. The Balaban J connectivity index is 2.14. The highest BCUT2D eigenvalue weighted by Crippen LogP contribution is 2.35. The molecule has 1 fully saturated rings. The van der Waals surface area contributed by atoms with Crippen LogP contribution in [0.25, 0.3) is 0 Å². The minimum Gasteiger partial charge on any atom is -0.325 e. The van der Waals surface area contributed by atoms with Crippen LogP contribution in [0.1, 0.15) is 25.3 Å². The van der Waals surface area contributed by atoms with Gasteiger partial charge in [-0.3, -0.25) is 4.79 Å². The van der Waals surface area contributed by atoms with Gasteiger partial charge in [0, 0.05) is 13.1 Å². The van der Waals surface area contributed by atoms with E-state index in [1.807, 2.05) is 0 Å². The highest BCUT2D eigenvalue weighted by molar-refractivity contribution is 7.89. The van der Waals surface area contributed by atoms with Crippen molar-refractivity contribution in [2.24, 2.45) is 5.92 Å². The lowest BCUT2D eigenvalue weighted by Crippen LogP contribution is -2.44. The molecule has 1 atom stereocenters. The second-order valence-electron chi connectivity index (χ2n) is 5.63. The third-order valence-electron chi connectivity index (χ3n) is 4.00. The highest BCUT2D eigenvalue weighted by Gasteiger charge is 2.35. The van der Waals surface area contributed by atoms with Crippen molar-refractivity contribution < 1.29 is 26.4 Å². The number of rotatable bonds is 4. The quantitative estimate of drug-likeness (QED) is 0.893. The van der Waals surface area contributed by atoms with E-state index in [0.29, 0.717) is 19.4 Å². The first-order valence-corrected chi connectivity index (χ1v) is 9.21. The Morgan fingerprint density at radius 1 is 1.33 bits per heavy atom. The number of hydrogen-bond acceptors (Lipinski definition) is 3. The van der Waals surface area contributed by atoms with E-state index in [-0.39, 0.29) is 18.0 Å². The van der Waals surface area contributed by atoms with Gasteiger partial charge >= 0.3 is 6.18 Å². The van der Waals surface area contributed by atoms with Crippen molar-refractivity contribution in [1.82, 2.24) is 4.31 Å². The Morgan fingerprint density at radius 2 is 2.00 bits per heavy atom. The lowest BCUT2D eigenvalue weighted by molar-refractivity contribution is -0.137. The fraction of sp³-hybridized carbons (Fsp3) is 0.533. The Bertz CT molecular complexity index is 704. The number of piperidine rings is 1. The number of nitrogens with zero attached hydrogens (tertiary/aromatic N) is 1. The van der Waals surface area contributed by atoms with Gasteiger partial charge in [0.1, 0.15) is 0 Å². The molecule has 1 aliphatic heterocycles. The van der Waals surface area contributed by atoms with Gasteiger partial charge in [0.2, 0.25) is 15.9 Å². The number of anilines is 1. The van der Waals surface area contributed by atoms with E-state index in [4.69, 9.17) is 0 Å². The summed E-state index contributed by atoms with van der Waals surface area (Å²) in [5, 5.41) is 2.30. The number of alkyl halides is 3. The number of benzene rings is 1. The minimum absolute atomic E-state index is 0.00378. The maximum Gasteiger partial charge on any atom is 0.418 e. The molecule has 1 N–H and O–H groups in total. The van der Waals surface area contributed by atoms with Gasteiger partial charge in [-0.25, -0.2) is 12.7 Å². The normalized spacial score (nSPS) is 19.9. The van der Waals surface area contributed by atoms with Gasteiger partial charge in [0.05, 0.1) is 22.9 Å². The molecule has 0 radical (unpaired) electrons. The summed E-state index contributed by atoms with van der Waals surface area (Å²) in [5.74, 6) is -1.33. The van der Waals surface area contributed by atoms with Crippen LogP contribution in [0.15, 0.2) is 24.3 Å². The van der Waals surface area contributed by atoms with Crippen molar-refractivity contribution in [1.29, 1.82) is 0 Å². The zero-order valence-electron chi connectivity index (χ0n) is 13.1. The number of amides is 1. The number of nitrogens with one attached hydrogen (secondary N) is 1. The molecule has 0 saturated carbocycles. The van der Waals surface area contributed by atoms with Gasteiger partial charge in [0.15, 0.2) is 0 Å². The third kappa shape index (κ3) is 4.27. The average Bonchev–Trinajstić information content (AvgIpc) is 2.54. The van der Waals surface area contributed by atoms with Gasteiger partial charge in [-0.15, -0.1) is 0 Å². The van der Waals surface area contributed by atoms with Crippen molar-refractivity contribution in [2.45, 2.75) is 25.9 Å². The summed E-state index contributed by atoms with van der Waals surface area (Å²) >= 11 is 0. The van der Waals surface area contributed by atoms with Crippen molar-refractivity contribution in [3.05, 3.63) is 29.8 Å². The second kappa shape index (κ2) is 7.10. The number of sulfonamides is 1. The van der Waals surface area contributed by atoms with Crippen LogP contribution in [0, 0.1) is 5.92 Å². The van der Waals surface area contributed by atoms with Crippen molar-refractivity contribution in [3.63, 3.8) is 0 Å². The molecule has 1 aromatic carbocycles. The molecule has 1 amide bonds. The predicted molar refractivity (Wildman–Crippen MR) is 83.8 cm³/mol. The first-order valence-electron chi connectivity index (χ1n) is 7.60. The molecule has 134 valence electrons. The van der Waals surface area contributed by atoms with Crippen molar-refractivity contribution >= 4 is 21.6 Å². The van der Waals surface area contributed by atoms with Crippen LogP contribution in [-0.4, -0.2) is 37.5 Å². The molecular weight excluding hydrogens is 345 g/mol. The molecule has 0 bridgehead atoms. The highest BCUT2D eigenvalue weighted by atomic mass is 32.2. The second-order valence-corrected chi connectivity index (χ2v) is 7.89. The van der Waals surface area contributed by atoms with E-state index in [1.54, 1.807) is 0 Å². The van der Waals surface area contributed by atoms with Crippen LogP contribution in [0.4, 0.5) is 18.9 Å². The molecule has 9 heteroatoms. The standard InChI is InChI=1S/C15H19F3N2O3S/c1-2-24(22,23)20-9-5-6-11(10-20)14(21)19-13-8-4-3-7-12(13)15(16,17)18/h3-4,7-8,11H,2,5-6,9-10H2,1H3,(H,19,21). The van der Waals surface area contributed by atoms with Crippen LogP contribution in [0.5, 0.6) is 0 Å². The van der Waals surface area contributed by atoms with E-state index in [0.717, 1.165) is 6.07 Å². The maximum atomic E-state index is 13.0. The topological polar surface area (TPSA) is 66.5 Å². The van der Waals surface area contributed by atoms with Crippen molar-refractivity contribution in [3.8, 4) is 0 Å². The SMILES string of the molecule is CCS(=O)(=O)N1CCCC(C(=O)Nc2ccccc2C(F)(F)F)C1. The largest absolute Gasteiger partial charge is 0.418 e. The molecule has 1 unspecified atom stereocenters. The molecule has 0 spiro atoms. The summed E-state index contributed by atoms with van der Waals surface area (Å²) < 4.78 is 64.0. The van der Waals surface area contributed by atoms with E-state index in [9.17, 15) is 26.4 Å². The van der Waals surface area contributed by atoms with E-state index >= 15 is 0 Å². The Labute approximate surface area is 138 Å². The molecule has 2 rings (SSSR count). The van der Waals surface area contributed by atoms with Gasteiger partial charge in [-0.1, -0.05) is 12.1 Å². The zero-order chi connectivity index (χ0) is 18.0. The van der Waals surface area contributed by atoms with Gasteiger partial charge in [0.25, 0.3) is 0 Å². The van der Waals surface area contributed by atoms with Crippen LogP contribution in [0.2, 0.25) is 0 Å². The molecule has 1 aliphatic rings. The molecule has 1 saturated heterocycles. The Kier molecular flexibility index (Phi) is 5.54. The van der Waals surface area contributed by atoms with Gasteiger partial charge in [-0.2, -0.15) is 13.2 Å². The fourth-order valence-electron chi connectivity index (χ4n) is 2.67. The zero-order valence-corrected chi connectivity index (χ0v) is 14.0. The number of carbonyl (C=O) groups is 1. The summed E-state index contributed by atoms with van der Waals surface area (Å²) in [6, 6.07) is 4.72. The average molecular weight is 364 g/mol. The van der Waals surface area contributed by atoms with E-state index in [2.05, 4.69) is 5.32 Å². The smallest absolute Gasteiger partial charge is 0.325 e. The van der Waals surface area contributed by atoms with E-state index in [1.165, 1.54) is 29.4 Å². The molecule has 5 nitrogen and oxygen atoms in total. The maximum absolute atomic E-state index is 13.0. The molecule has 1 aromatic rings. The van der Waals surface area contributed by atoms with Gasteiger partial charge in [-0.05, 0) is 31.9 Å². The third-order valence-corrected chi connectivity index (χ3v) is 5.85. The van der Waals surface area contributed by atoms with E-state index < -0.39 is 33.6 Å². The lowest BCUT2D eigenvalue weighted by Gasteiger charge is -2.31. The summed E-state index contributed by atoms with van der Waals surface area (Å²) in [6.07, 6.45) is -3.64. The van der Waals surface area contributed by atoms with Crippen LogP contribution in [-0.2, 0) is 21.0 Å². The first-order chi connectivity index (χ1) is 11.1. The number of hydrogen-bond donors (Lipinski definition) is 1. The Hall–Kier alpha value is -1.61. The Morgan fingerprint density at radius 3 is 2.62 bits per heavy atom. The van der Waals surface area contributed by atoms with Crippen LogP contribution >= 0.6 is 0 Å². The summed E-state index contributed by atoms with van der Waals surface area (Å²) in [7, 11) is -3.42. The fourth-order valence-corrected chi connectivity index (χ4v) is 3.85. The number of carbonyl (C=O) groups excluding carboxylic acids is 1. The summed E-state index contributed by atoms with van der Waals surface area (Å²) in [6.45, 7) is 1.84. The molecule has 1 heterocycles. The summed E-state index contributed by atoms with van der Waals surface area (Å²) in [4.78, 5) is 12.3. The van der Waals surface area contributed by atoms with Crippen LogP contribution in [0.3, 0.4) is 0 Å².